The van der Waals surface area contributed by atoms with Crippen LogP contribution in [0.1, 0.15) is 18.9 Å². The molecule has 0 bridgehead atoms. The molecule has 1 aliphatic heterocycles. The van der Waals surface area contributed by atoms with Crippen LogP contribution < -0.4 is 5.56 Å². The van der Waals surface area contributed by atoms with Crippen molar-refractivity contribution < 1.29 is 4.74 Å². The number of pyridine rings is 1. The van der Waals surface area contributed by atoms with Crippen LogP contribution >= 0.6 is 15.9 Å². The van der Waals surface area contributed by atoms with E-state index in [2.05, 4.69) is 25.9 Å². The van der Waals surface area contributed by atoms with Crippen molar-refractivity contribution in [1.29, 1.82) is 0 Å². The molecule has 0 radical (unpaired) electrons. The van der Waals surface area contributed by atoms with Crippen molar-refractivity contribution in [2.24, 2.45) is 0 Å². The van der Waals surface area contributed by atoms with Crippen molar-refractivity contribution in [2.45, 2.75) is 18.9 Å². The second kappa shape index (κ2) is 5.44. The molecule has 6 heteroatoms. The molecular formula is C16H14BrN3O2. The predicted molar refractivity (Wildman–Crippen MR) is 88.1 cm³/mol. The monoisotopic (exact) mass is 359 g/mol. The summed E-state index contributed by atoms with van der Waals surface area (Å²) in [6.07, 6.45) is 5.07. The van der Waals surface area contributed by atoms with E-state index in [4.69, 9.17) is 4.74 Å². The first kappa shape index (κ1) is 13.8. The van der Waals surface area contributed by atoms with E-state index in [-0.39, 0.29) is 11.6 Å². The SMILES string of the molecule is O=c1c2cc(Br)c3cccnc3c2ncn1C1CCOCC1. The fourth-order valence-electron chi connectivity index (χ4n) is 3.02. The maximum Gasteiger partial charge on any atom is 0.261 e. The van der Waals surface area contributed by atoms with Gasteiger partial charge >= 0.3 is 0 Å². The Hall–Kier alpha value is -1.79. The van der Waals surface area contributed by atoms with Crippen LogP contribution in [0.25, 0.3) is 21.8 Å². The Bertz CT molecular complexity index is 916. The highest BCUT2D eigenvalue weighted by molar-refractivity contribution is 9.10. The fourth-order valence-corrected chi connectivity index (χ4v) is 3.56. The lowest BCUT2D eigenvalue weighted by Gasteiger charge is -2.24. The van der Waals surface area contributed by atoms with E-state index in [1.54, 1.807) is 17.1 Å². The lowest BCUT2D eigenvalue weighted by molar-refractivity contribution is 0.0685. The third-order valence-corrected chi connectivity index (χ3v) is 4.83. The highest BCUT2D eigenvalue weighted by Gasteiger charge is 2.19. The van der Waals surface area contributed by atoms with Gasteiger partial charge in [-0.2, -0.15) is 0 Å². The third kappa shape index (κ3) is 2.14. The molecule has 1 aromatic carbocycles. The minimum Gasteiger partial charge on any atom is -0.381 e. The highest BCUT2D eigenvalue weighted by Crippen LogP contribution is 2.28. The number of fused-ring (bicyclic) bond motifs is 3. The maximum atomic E-state index is 12.9. The number of aromatic nitrogens is 3. The largest absolute Gasteiger partial charge is 0.381 e. The molecule has 4 rings (SSSR count). The van der Waals surface area contributed by atoms with Gasteiger partial charge in [-0.1, -0.05) is 22.0 Å². The van der Waals surface area contributed by atoms with Crippen LogP contribution in [0.15, 0.2) is 40.0 Å². The quantitative estimate of drug-likeness (QED) is 0.626. The van der Waals surface area contributed by atoms with E-state index >= 15 is 0 Å². The Labute approximate surface area is 135 Å². The van der Waals surface area contributed by atoms with Crippen LogP contribution in [0.3, 0.4) is 0 Å². The summed E-state index contributed by atoms with van der Waals surface area (Å²) in [4.78, 5) is 21.8. The summed E-state index contributed by atoms with van der Waals surface area (Å²) in [6, 6.07) is 5.86. The molecule has 3 heterocycles. The summed E-state index contributed by atoms with van der Waals surface area (Å²) in [6.45, 7) is 1.39. The van der Waals surface area contributed by atoms with E-state index in [1.165, 1.54) is 0 Å². The van der Waals surface area contributed by atoms with Gasteiger partial charge in [0.05, 0.1) is 17.2 Å². The van der Waals surface area contributed by atoms with Gasteiger partial charge in [-0.05, 0) is 25.0 Å². The number of ether oxygens (including phenoxy) is 1. The second-order valence-corrected chi connectivity index (χ2v) is 6.31. The van der Waals surface area contributed by atoms with Crippen LogP contribution in [0.4, 0.5) is 0 Å². The Morgan fingerprint density at radius 2 is 1.95 bits per heavy atom. The summed E-state index contributed by atoms with van der Waals surface area (Å²) in [7, 11) is 0. The Kier molecular flexibility index (Phi) is 3.43. The zero-order chi connectivity index (χ0) is 15.1. The van der Waals surface area contributed by atoms with Gasteiger partial charge in [0.2, 0.25) is 0 Å². The normalized spacial score (nSPS) is 16.4. The highest BCUT2D eigenvalue weighted by atomic mass is 79.9. The lowest BCUT2D eigenvalue weighted by atomic mass is 10.1. The second-order valence-electron chi connectivity index (χ2n) is 5.45. The molecule has 0 saturated carbocycles. The van der Waals surface area contributed by atoms with Crippen molar-refractivity contribution in [3.05, 3.63) is 45.5 Å². The van der Waals surface area contributed by atoms with Gasteiger partial charge in [0, 0.05) is 35.3 Å². The molecule has 1 fully saturated rings. The predicted octanol–water partition coefficient (Wildman–Crippen LogP) is 3.06. The van der Waals surface area contributed by atoms with Crippen LogP contribution in [-0.2, 0) is 4.74 Å². The number of hydrogen-bond donors (Lipinski definition) is 0. The molecule has 2 aromatic heterocycles. The molecule has 0 atom stereocenters. The van der Waals surface area contributed by atoms with Gasteiger partial charge < -0.3 is 4.74 Å². The van der Waals surface area contributed by atoms with E-state index in [0.29, 0.717) is 24.1 Å². The molecule has 5 nitrogen and oxygen atoms in total. The van der Waals surface area contributed by atoms with Crippen molar-refractivity contribution in [3.8, 4) is 0 Å². The van der Waals surface area contributed by atoms with Crippen molar-refractivity contribution in [1.82, 2.24) is 14.5 Å². The number of hydrogen-bond acceptors (Lipinski definition) is 4. The zero-order valence-corrected chi connectivity index (χ0v) is 13.4. The summed E-state index contributed by atoms with van der Waals surface area (Å²) < 4.78 is 7.98. The number of rotatable bonds is 1. The van der Waals surface area contributed by atoms with Crippen LogP contribution in [0.2, 0.25) is 0 Å². The molecule has 3 aromatic rings. The van der Waals surface area contributed by atoms with Gasteiger partial charge in [0.1, 0.15) is 5.52 Å². The van der Waals surface area contributed by atoms with E-state index in [0.717, 1.165) is 28.2 Å². The van der Waals surface area contributed by atoms with Crippen molar-refractivity contribution in [2.75, 3.05) is 13.2 Å². The molecule has 0 N–H and O–H groups in total. The molecular weight excluding hydrogens is 346 g/mol. The summed E-state index contributed by atoms with van der Waals surface area (Å²) in [5, 5.41) is 1.57. The average molecular weight is 360 g/mol. The third-order valence-electron chi connectivity index (χ3n) is 4.18. The Morgan fingerprint density at radius 1 is 1.18 bits per heavy atom. The molecule has 0 amide bonds. The average Bonchev–Trinajstić information content (AvgIpc) is 2.57. The zero-order valence-electron chi connectivity index (χ0n) is 11.8. The molecule has 1 aliphatic rings. The summed E-state index contributed by atoms with van der Waals surface area (Å²) in [5.41, 5.74) is 1.40. The Balaban J connectivity index is 1.99. The number of benzene rings is 1. The van der Waals surface area contributed by atoms with Gasteiger partial charge in [-0.25, -0.2) is 4.98 Å². The summed E-state index contributed by atoms with van der Waals surface area (Å²) in [5.74, 6) is 0. The van der Waals surface area contributed by atoms with Gasteiger partial charge in [-0.15, -0.1) is 0 Å². The standard InChI is InChI=1S/C16H14BrN3O2/c17-13-8-12-15(14-11(13)2-1-5-18-14)19-9-20(16(12)21)10-3-6-22-7-4-10/h1-2,5,8-10H,3-4,6-7H2. The topological polar surface area (TPSA) is 57.0 Å². The first-order valence-electron chi connectivity index (χ1n) is 7.27. The Morgan fingerprint density at radius 3 is 2.77 bits per heavy atom. The molecule has 1 saturated heterocycles. The molecule has 0 aliphatic carbocycles. The van der Waals surface area contributed by atoms with E-state index in [1.807, 2.05) is 18.2 Å². The smallest absolute Gasteiger partial charge is 0.261 e. The molecule has 0 unspecified atom stereocenters. The molecule has 0 spiro atoms. The number of nitrogens with zero attached hydrogens (tertiary/aromatic N) is 3. The van der Waals surface area contributed by atoms with Gasteiger partial charge in [0.15, 0.2) is 0 Å². The van der Waals surface area contributed by atoms with E-state index in [9.17, 15) is 4.79 Å². The minimum atomic E-state index is -0.00912. The first-order chi connectivity index (χ1) is 10.8. The van der Waals surface area contributed by atoms with Gasteiger partial charge in [0.25, 0.3) is 5.56 Å². The molecule has 22 heavy (non-hydrogen) atoms. The van der Waals surface area contributed by atoms with Crippen LogP contribution in [0.5, 0.6) is 0 Å². The number of halogens is 1. The molecule has 112 valence electrons. The van der Waals surface area contributed by atoms with Crippen molar-refractivity contribution >= 4 is 37.7 Å². The first-order valence-corrected chi connectivity index (χ1v) is 8.07. The van der Waals surface area contributed by atoms with E-state index < -0.39 is 0 Å². The lowest BCUT2D eigenvalue weighted by Crippen LogP contribution is -2.29. The minimum absolute atomic E-state index is 0.00912. The maximum absolute atomic E-state index is 12.9. The van der Waals surface area contributed by atoms with Crippen molar-refractivity contribution in [3.63, 3.8) is 0 Å². The summed E-state index contributed by atoms with van der Waals surface area (Å²) >= 11 is 3.54. The van der Waals surface area contributed by atoms with Crippen LogP contribution in [-0.4, -0.2) is 27.7 Å². The van der Waals surface area contributed by atoms with Crippen LogP contribution in [0, 0.1) is 0 Å². The fraction of sp³-hybridized carbons (Fsp3) is 0.312. The van der Waals surface area contributed by atoms with Gasteiger partial charge in [-0.3, -0.25) is 14.3 Å².